The summed E-state index contributed by atoms with van der Waals surface area (Å²) in [7, 11) is 0. The Labute approximate surface area is 133 Å². The molecule has 0 radical (unpaired) electrons. The van der Waals surface area contributed by atoms with Gasteiger partial charge in [-0.2, -0.15) is 0 Å². The summed E-state index contributed by atoms with van der Waals surface area (Å²) in [6.45, 7) is 2.01. The van der Waals surface area contributed by atoms with Crippen LogP contribution in [0.15, 0.2) is 70.5 Å². The van der Waals surface area contributed by atoms with Crippen molar-refractivity contribution >= 4 is 29.3 Å². The van der Waals surface area contributed by atoms with Crippen molar-refractivity contribution in [3.63, 3.8) is 0 Å². The number of hydrogen-bond donors (Lipinski definition) is 0. The molecule has 0 atom stereocenters. The van der Waals surface area contributed by atoms with E-state index in [1.165, 1.54) is 22.7 Å². The van der Waals surface area contributed by atoms with Crippen LogP contribution in [0.2, 0.25) is 0 Å². The average Bonchev–Trinajstić information content (AvgIpc) is 2.82. The molecule has 4 heteroatoms. The number of imide groups is 1. The second-order valence-electron chi connectivity index (χ2n) is 4.88. The van der Waals surface area contributed by atoms with E-state index in [1.807, 2.05) is 61.5 Å². The van der Waals surface area contributed by atoms with Crippen LogP contribution in [-0.4, -0.2) is 11.8 Å². The first kappa shape index (κ1) is 14.6. The predicted octanol–water partition coefficient (Wildman–Crippen LogP) is 3.80. The van der Waals surface area contributed by atoms with Crippen molar-refractivity contribution < 1.29 is 9.59 Å². The number of aryl methyl sites for hydroxylation is 1. The van der Waals surface area contributed by atoms with Gasteiger partial charge in [-0.3, -0.25) is 9.59 Å². The lowest BCUT2D eigenvalue weighted by Gasteiger charge is -2.18. The van der Waals surface area contributed by atoms with Crippen LogP contribution in [0.3, 0.4) is 0 Å². The smallest absolute Gasteiger partial charge is 0.269 e. The zero-order valence-electron chi connectivity index (χ0n) is 12.2. The highest BCUT2D eigenvalue weighted by Gasteiger charge is 2.33. The molecule has 0 N–H and O–H groups in total. The Morgan fingerprint density at radius 3 is 2.36 bits per heavy atom. The summed E-state index contributed by atoms with van der Waals surface area (Å²) in [6.07, 6.45) is 2.20. The molecule has 0 bridgehead atoms. The Bertz CT molecular complexity index is 753. The molecule has 0 saturated heterocycles. The maximum Gasteiger partial charge on any atom is 0.272 e. The van der Waals surface area contributed by atoms with Crippen LogP contribution in [0.1, 0.15) is 12.5 Å². The molecule has 0 fully saturated rings. The minimum atomic E-state index is -0.274. The number of carbonyl (C=O) groups excluding carboxylic acids is 2. The van der Waals surface area contributed by atoms with Gasteiger partial charge in [0.05, 0.1) is 10.6 Å². The highest BCUT2D eigenvalue weighted by Crippen LogP contribution is 2.34. The van der Waals surface area contributed by atoms with Crippen LogP contribution in [0.4, 0.5) is 5.69 Å². The van der Waals surface area contributed by atoms with Gasteiger partial charge in [0.15, 0.2) is 0 Å². The van der Waals surface area contributed by atoms with Crippen LogP contribution in [0.5, 0.6) is 0 Å². The predicted molar refractivity (Wildman–Crippen MR) is 88.7 cm³/mol. The number of para-hydroxylation sites is 1. The van der Waals surface area contributed by atoms with E-state index < -0.39 is 0 Å². The zero-order valence-corrected chi connectivity index (χ0v) is 13.0. The molecule has 110 valence electrons. The Morgan fingerprint density at radius 2 is 1.64 bits per heavy atom. The summed E-state index contributed by atoms with van der Waals surface area (Å²) in [5.74, 6) is -0.524. The number of nitrogens with zero attached hydrogens (tertiary/aromatic N) is 1. The lowest BCUT2D eigenvalue weighted by Crippen LogP contribution is -2.31. The van der Waals surface area contributed by atoms with E-state index in [4.69, 9.17) is 0 Å². The van der Waals surface area contributed by atoms with Gasteiger partial charge < -0.3 is 0 Å². The number of thioether (sulfide) groups is 1. The molecule has 22 heavy (non-hydrogen) atoms. The molecule has 0 spiro atoms. The number of rotatable bonds is 4. The molecular formula is C18H15NO2S. The van der Waals surface area contributed by atoms with Crippen LogP contribution >= 0.6 is 11.8 Å². The van der Waals surface area contributed by atoms with E-state index in [0.717, 1.165) is 16.9 Å². The van der Waals surface area contributed by atoms with Crippen molar-refractivity contribution in [2.24, 2.45) is 0 Å². The summed E-state index contributed by atoms with van der Waals surface area (Å²) in [4.78, 5) is 27.5. The minimum absolute atomic E-state index is 0.250. The summed E-state index contributed by atoms with van der Waals surface area (Å²) in [5, 5.41) is 0. The number of carbonyl (C=O) groups is 2. The second kappa shape index (κ2) is 6.20. The average molecular weight is 309 g/mol. The Kier molecular flexibility index (Phi) is 4.11. The summed E-state index contributed by atoms with van der Waals surface area (Å²) in [5.41, 5.74) is 1.67. The molecule has 0 aliphatic carbocycles. The fourth-order valence-corrected chi connectivity index (χ4v) is 3.28. The minimum Gasteiger partial charge on any atom is -0.269 e. The fraction of sp³-hybridized carbons (Fsp3) is 0.111. The topological polar surface area (TPSA) is 37.4 Å². The maximum atomic E-state index is 12.6. The number of anilines is 1. The number of amides is 2. The Hall–Kier alpha value is -2.33. The van der Waals surface area contributed by atoms with Gasteiger partial charge in [-0.25, -0.2) is 4.90 Å². The van der Waals surface area contributed by atoms with Crippen molar-refractivity contribution in [3.8, 4) is 0 Å². The fourth-order valence-electron chi connectivity index (χ4n) is 2.39. The first-order valence-corrected chi connectivity index (χ1v) is 7.93. The van der Waals surface area contributed by atoms with Gasteiger partial charge in [-0.1, -0.05) is 55.1 Å². The molecule has 0 saturated carbocycles. The molecule has 0 unspecified atom stereocenters. The zero-order chi connectivity index (χ0) is 15.5. The van der Waals surface area contributed by atoms with E-state index in [2.05, 4.69) is 0 Å². The molecule has 2 aromatic carbocycles. The van der Waals surface area contributed by atoms with Gasteiger partial charge >= 0.3 is 0 Å². The van der Waals surface area contributed by atoms with Crippen molar-refractivity contribution in [2.75, 3.05) is 4.90 Å². The van der Waals surface area contributed by atoms with Gasteiger partial charge in [-0.05, 0) is 30.2 Å². The molecule has 2 aromatic rings. The third kappa shape index (κ3) is 2.70. The molecule has 1 heterocycles. The van der Waals surface area contributed by atoms with Crippen molar-refractivity contribution in [1.29, 1.82) is 0 Å². The van der Waals surface area contributed by atoms with Gasteiger partial charge in [0.25, 0.3) is 11.8 Å². The standard InChI is InChI=1S/C18H15NO2S/c1-2-13-8-6-7-11-15(13)19-17(20)12-16(18(19)21)22-14-9-4-3-5-10-14/h3-12H,2H2,1H3. The highest BCUT2D eigenvalue weighted by molar-refractivity contribution is 8.04. The van der Waals surface area contributed by atoms with E-state index in [9.17, 15) is 9.59 Å². The quantitative estimate of drug-likeness (QED) is 0.806. The van der Waals surface area contributed by atoms with Crippen molar-refractivity contribution in [1.82, 2.24) is 0 Å². The monoisotopic (exact) mass is 309 g/mol. The van der Waals surface area contributed by atoms with Crippen LogP contribution in [0, 0.1) is 0 Å². The SMILES string of the molecule is CCc1ccccc1N1C(=O)C=C(Sc2ccccc2)C1=O. The summed E-state index contributed by atoms with van der Waals surface area (Å²) < 4.78 is 0. The normalized spacial score (nSPS) is 14.4. The lowest BCUT2D eigenvalue weighted by atomic mass is 10.1. The van der Waals surface area contributed by atoms with Gasteiger partial charge in [0, 0.05) is 11.0 Å². The van der Waals surface area contributed by atoms with Crippen molar-refractivity contribution in [2.45, 2.75) is 18.2 Å². The summed E-state index contributed by atoms with van der Waals surface area (Å²) >= 11 is 1.32. The largest absolute Gasteiger partial charge is 0.272 e. The van der Waals surface area contributed by atoms with Crippen molar-refractivity contribution in [3.05, 3.63) is 71.1 Å². The van der Waals surface area contributed by atoms with Gasteiger partial charge in [-0.15, -0.1) is 0 Å². The third-order valence-corrected chi connectivity index (χ3v) is 4.49. The molecule has 2 amide bonds. The van der Waals surface area contributed by atoms with E-state index >= 15 is 0 Å². The first-order valence-electron chi connectivity index (χ1n) is 7.11. The molecule has 1 aliphatic heterocycles. The Morgan fingerprint density at radius 1 is 0.955 bits per heavy atom. The van der Waals surface area contributed by atoms with Crippen LogP contribution in [-0.2, 0) is 16.0 Å². The maximum absolute atomic E-state index is 12.6. The van der Waals surface area contributed by atoms with Crippen LogP contribution < -0.4 is 4.90 Å². The third-order valence-electron chi connectivity index (χ3n) is 3.47. The molecule has 0 aromatic heterocycles. The number of hydrogen-bond acceptors (Lipinski definition) is 3. The number of benzene rings is 2. The summed E-state index contributed by atoms with van der Waals surface area (Å²) in [6, 6.07) is 17.1. The molecule has 1 aliphatic rings. The first-order chi connectivity index (χ1) is 10.7. The van der Waals surface area contributed by atoms with E-state index in [0.29, 0.717) is 10.6 Å². The highest BCUT2D eigenvalue weighted by atomic mass is 32.2. The molecular weight excluding hydrogens is 294 g/mol. The second-order valence-corrected chi connectivity index (χ2v) is 6.00. The molecule has 3 rings (SSSR count). The van der Waals surface area contributed by atoms with E-state index in [-0.39, 0.29) is 11.8 Å². The lowest BCUT2D eigenvalue weighted by molar-refractivity contribution is -0.120. The van der Waals surface area contributed by atoms with Gasteiger partial charge in [0.1, 0.15) is 0 Å². The molecule has 3 nitrogen and oxygen atoms in total. The van der Waals surface area contributed by atoms with Crippen LogP contribution in [0.25, 0.3) is 0 Å². The van der Waals surface area contributed by atoms with E-state index in [1.54, 1.807) is 0 Å². The van der Waals surface area contributed by atoms with Gasteiger partial charge in [0.2, 0.25) is 0 Å². The Balaban J connectivity index is 1.89.